The molecule has 0 unspecified atom stereocenters. The molecule has 3 rings (SSSR count). The molecule has 1 heterocycles. The first kappa shape index (κ1) is 14.8. The number of thiophene rings is 1. The smallest absolute Gasteiger partial charge is 0.183 e. The number of ketones is 1. The number of carbonyl (C=O) groups excluding carboxylic acids is 1. The van der Waals surface area contributed by atoms with Crippen molar-refractivity contribution in [1.29, 1.82) is 0 Å². The average molecular weight is 328 g/mol. The summed E-state index contributed by atoms with van der Waals surface area (Å²) in [5, 5.41) is 3.74. The number of Topliss-reactive ketones (excluding diaryl/α,β-unsaturated/α-hetero) is 1. The van der Waals surface area contributed by atoms with Crippen molar-refractivity contribution in [1.82, 2.24) is 0 Å². The molecule has 3 N–H and O–H groups in total. The SMILES string of the molecule is CCS(=O)(=O)c1c(NCC2CC2)sc(C(=O)C2CC2)c1N. The molecule has 0 aromatic carbocycles. The minimum Gasteiger partial charge on any atom is -0.396 e. The molecular formula is C14H20N2O3S2. The van der Waals surface area contributed by atoms with Crippen molar-refractivity contribution in [3.8, 4) is 0 Å². The zero-order valence-corrected chi connectivity index (χ0v) is 13.6. The molecule has 5 nitrogen and oxygen atoms in total. The summed E-state index contributed by atoms with van der Waals surface area (Å²) in [6, 6.07) is 0. The van der Waals surface area contributed by atoms with E-state index in [9.17, 15) is 13.2 Å². The van der Waals surface area contributed by atoms with Crippen LogP contribution in [0.3, 0.4) is 0 Å². The number of sulfone groups is 1. The molecule has 1 aromatic rings. The van der Waals surface area contributed by atoms with Gasteiger partial charge in [-0.15, -0.1) is 11.3 Å². The molecule has 0 amide bonds. The van der Waals surface area contributed by atoms with Crippen LogP contribution < -0.4 is 11.1 Å². The van der Waals surface area contributed by atoms with E-state index in [2.05, 4.69) is 5.32 Å². The summed E-state index contributed by atoms with van der Waals surface area (Å²) in [6.07, 6.45) is 4.13. The quantitative estimate of drug-likeness (QED) is 0.751. The van der Waals surface area contributed by atoms with E-state index in [4.69, 9.17) is 5.73 Å². The lowest BCUT2D eigenvalue weighted by Gasteiger charge is -2.07. The van der Waals surface area contributed by atoms with Crippen molar-refractivity contribution in [2.45, 2.75) is 37.5 Å². The third-order valence-corrected chi connectivity index (χ3v) is 7.12. The Bertz CT molecular complexity index is 671. The minimum absolute atomic E-state index is 0.00419. The maximum Gasteiger partial charge on any atom is 0.183 e. The second-order valence-electron chi connectivity index (χ2n) is 5.87. The fourth-order valence-corrected chi connectivity index (χ4v) is 4.96. The molecule has 0 spiro atoms. The summed E-state index contributed by atoms with van der Waals surface area (Å²) in [5.41, 5.74) is 6.17. The summed E-state index contributed by atoms with van der Waals surface area (Å²) in [6.45, 7) is 2.35. The molecule has 0 radical (unpaired) electrons. The molecule has 2 saturated carbocycles. The molecule has 2 aliphatic carbocycles. The molecule has 7 heteroatoms. The predicted molar refractivity (Wildman–Crippen MR) is 84.7 cm³/mol. The predicted octanol–water partition coefficient (Wildman–Crippen LogP) is 2.54. The summed E-state index contributed by atoms with van der Waals surface area (Å²) in [5.74, 6) is 0.653. The van der Waals surface area contributed by atoms with Crippen LogP contribution in [0, 0.1) is 11.8 Å². The number of hydrogen-bond acceptors (Lipinski definition) is 6. The Morgan fingerprint density at radius 1 is 1.33 bits per heavy atom. The maximum atomic E-state index is 12.3. The van der Waals surface area contributed by atoms with E-state index in [1.165, 1.54) is 24.2 Å². The van der Waals surface area contributed by atoms with Crippen molar-refractivity contribution in [2.75, 3.05) is 23.3 Å². The number of anilines is 2. The van der Waals surface area contributed by atoms with Gasteiger partial charge in [0.1, 0.15) is 9.90 Å². The number of hydrogen-bond donors (Lipinski definition) is 2. The lowest BCUT2D eigenvalue weighted by molar-refractivity contribution is 0.0972. The van der Waals surface area contributed by atoms with Gasteiger partial charge in [-0.25, -0.2) is 8.42 Å². The van der Waals surface area contributed by atoms with E-state index >= 15 is 0 Å². The van der Waals surface area contributed by atoms with Gasteiger partial charge < -0.3 is 11.1 Å². The molecule has 0 saturated heterocycles. The second kappa shape index (κ2) is 5.28. The van der Waals surface area contributed by atoms with Crippen molar-refractivity contribution in [3.05, 3.63) is 4.88 Å². The first-order chi connectivity index (χ1) is 9.94. The standard InChI is InChI=1S/C14H20N2O3S2/c1-2-21(18,19)13-10(15)12(11(17)9-5-6-9)20-14(13)16-7-8-3-4-8/h8-9,16H,2-7,15H2,1H3. The van der Waals surface area contributed by atoms with Gasteiger partial charge in [-0.3, -0.25) is 4.79 Å². The Morgan fingerprint density at radius 3 is 2.52 bits per heavy atom. The third kappa shape index (κ3) is 2.94. The number of rotatable bonds is 7. The normalized spacial score (nSPS) is 18.7. The van der Waals surface area contributed by atoms with Crippen LogP contribution in [0.5, 0.6) is 0 Å². The molecule has 2 fully saturated rings. The van der Waals surface area contributed by atoms with E-state index < -0.39 is 9.84 Å². The number of nitrogen functional groups attached to an aromatic ring is 1. The fraction of sp³-hybridized carbons (Fsp3) is 0.643. The molecule has 116 valence electrons. The van der Waals surface area contributed by atoms with Crippen LogP contribution in [0.4, 0.5) is 10.7 Å². The van der Waals surface area contributed by atoms with Gasteiger partial charge in [-0.1, -0.05) is 6.92 Å². The molecular weight excluding hydrogens is 308 g/mol. The number of nitrogens with two attached hydrogens (primary N) is 1. The van der Waals surface area contributed by atoms with Crippen LogP contribution in [0.2, 0.25) is 0 Å². The van der Waals surface area contributed by atoms with E-state index in [1.807, 2.05) is 0 Å². The fourth-order valence-electron chi connectivity index (χ4n) is 2.27. The maximum absolute atomic E-state index is 12.3. The van der Waals surface area contributed by atoms with E-state index in [0.29, 0.717) is 15.8 Å². The Kier molecular flexibility index (Phi) is 3.73. The zero-order chi connectivity index (χ0) is 15.2. The van der Waals surface area contributed by atoms with Crippen LogP contribution in [0.1, 0.15) is 42.3 Å². The Morgan fingerprint density at radius 2 is 2.00 bits per heavy atom. The van der Waals surface area contributed by atoms with Crippen LogP contribution in [0.15, 0.2) is 4.90 Å². The molecule has 1 aromatic heterocycles. The zero-order valence-electron chi connectivity index (χ0n) is 12.0. The van der Waals surface area contributed by atoms with Crippen LogP contribution in [-0.4, -0.2) is 26.5 Å². The van der Waals surface area contributed by atoms with E-state index in [-0.39, 0.29) is 28.0 Å². The summed E-state index contributed by atoms with van der Waals surface area (Å²) in [4.78, 5) is 12.8. The number of nitrogens with one attached hydrogen (secondary N) is 1. The van der Waals surface area contributed by atoms with Gasteiger partial charge in [0.2, 0.25) is 0 Å². The van der Waals surface area contributed by atoms with Crippen molar-refractivity contribution in [3.63, 3.8) is 0 Å². The van der Waals surface area contributed by atoms with Crippen LogP contribution in [-0.2, 0) is 9.84 Å². The molecule has 21 heavy (non-hydrogen) atoms. The molecule has 0 atom stereocenters. The van der Waals surface area contributed by atoms with Crippen molar-refractivity contribution in [2.24, 2.45) is 11.8 Å². The molecule has 0 bridgehead atoms. The largest absolute Gasteiger partial charge is 0.396 e. The summed E-state index contributed by atoms with van der Waals surface area (Å²) in [7, 11) is -3.43. The molecule has 0 aliphatic heterocycles. The van der Waals surface area contributed by atoms with Gasteiger partial charge in [0.15, 0.2) is 15.6 Å². The summed E-state index contributed by atoms with van der Waals surface area (Å²) < 4.78 is 24.6. The highest BCUT2D eigenvalue weighted by atomic mass is 32.2. The minimum atomic E-state index is -3.43. The number of carbonyl (C=O) groups is 1. The second-order valence-corrected chi connectivity index (χ2v) is 9.11. The topological polar surface area (TPSA) is 89.3 Å². The average Bonchev–Trinajstić information content (AvgIpc) is 3.34. The van der Waals surface area contributed by atoms with Crippen molar-refractivity contribution >= 4 is 37.6 Å². The van der Waals surface area contributed by atoms with Crippen LogP contribution >= 0.6 is 11.3 Å². The van der Waals surface area contributed by atoms with Crippen molar-refractivity contribution < 1.29 is 13.2 Å². The third-order valence-electron chi connectivity index (χ3n) is 4.01. The van der Waals surface area contributed by atoms with Gasteiger partial charge in [0, 0.05) is 12.5 Å². The summed E-state index contributed by atoms with van der Waals surface area (Å²) >= 11 is 1.21. The Balaban J connectivity index is 1.98. The Labute approximate surface area is 128 Å². The first-order valence-electron chi connectivity index (χ1n) is 7.37. The Hall–Kier alpha value is -1.08. The van der Waals surface area contributed by atoms with Gasteiger partial charge in [-0.2, -0.15) is 0 Å². The molecule has 2 aliphatic rings. The lowest BCUT2D eigenvalue weighted by atomic mass is 10.2. The lowest BCUT2D eigenvalue weighted by Crippen LogP contribution is -2.11. The first-order valence-corrected chi connectivity index (χ1v) is 9.84. The highest BCUT2D eigenvalue weighted by Gasteiger charge is 2.36. The van der Waals surface area contributed by atoms with Gasteiger partial charge >= 0.3 is 0 Å². The van der Waals surface area contributed by atoms with Crippen LogP contribution in [0.25, 0.3) is 0 Å². The highest BCUT2D eigenvalue weighted by Crippen LogP contribution is 2.44. The highest BCUT2D eigenvalue weighted by molar-refractivity contribution is 7.92. The van der Waals surface area contributed by atoms with Gasteiger partial charge in [-0.05, 0) is 31.6 Å². The van der Waals surface area contributed by atoms with E-state index in [0.717, 1.165) is 19.4 Å². The van der Waals surface area contributed by atoms with E-state index in [1.54, 1.807) is 6.92 Å². The van der Waals surface area contributed by atoms with Gasteiger partial charge in [0.25, 0.3) is 0 Å². The monoisotopic (exact) mass is 328 g/mol. The van der Waals surface area contributed by atoms with Gasteiger partial charge in [0.05, 0.1) is 16.3 Å².